The molecule has 0 atom stereocenters. The van der Waals surface area contributed by atoms with Crippen molar-refractivity contribution in [3.63, 3.8) is 0 Å². The van der Waals surface area contributed by atoms with Crippen LogP contribution in [0.15, 0.2) is 12.5 Å². The summed E-state index contributed by atoms with van der Waals surface area (Å²) >= 11 is 0. The van der Waals surface area contributed by atoms with Gasteiger partial charge < -0.3 is 9.88 Å². The zero-order valence-corrected chi connectivity index (χ0v) is 13.1. The summed E-state index contributed by atoms with van der Waals surface area (Å²) in [6.45, 7) is 7.32. The summed E-state index contributed by atoms with van der Waals surface area (Å²) in [6.07, 6.45) is 8.27. The predicted molar refractivity (Wildman–Crippen MR) is 84.4 cm³/mol. The Balaban J connectivity index is 2.01. The number of nitrogens with one attached hydrogen (secondary N) is 1. The molecule has 2 heterocycles. The van der Waals surface area contributed by atoms with E-state index in [1.54, 1.807) is 0 Å². The standard InChI is InChI=1S/C16H23N5/c1-4-8-18-15-13(5-2)11(3)19-16(20-15)14-9-17-10-21(14)12-6-7-12/h9-10,12H,4-8H2,1-3H3,(H,18,19,20). The minimum absolute atomic E-state index is 0.587. The van der Waals surface area contributed by atoms with Crippen LogP contribution in [0.1, 0.15) is 50.4 Å². The third-order valence-corrected chi connectivity index (χ3v) is 3.95. The lowest BCUT2D eigenvalue weighted by molar-refractivity contribution is 0.742. The van der Waals surface area contributed by atoms with E-state index in [0.717, 1.165) is 42.4 Å². The van der Waals surface area contributed by atoms with Gasteiger partial charge in [-0.1, -0.05) is 13.8 Å². The maximum Gasteiger partial charge on any atom is 0.180 e. The summed E-state index contributed by atoms with van der Waals surface area (Å²) in [5, 5.41) is 3.44. The highest BCUT2D eigenvalue weighted by Crippen LogP contribution is 2.37. The van der Waals surface area contributed by atoms with E-state index in [2.05, 4.69) is 35.6 Å². The first kappa shape index (κ1) is 14.0. The first-order valence-corrected chi connectivity index (χ1v) is 7.88. The molecule has 1 fully saturated rings. The van der Waals surface area contributed by atoms with Gasteiger partial charge in [0.1, 0.15) is 11.5 Å². The topological polar surface area (TPSA) is 55.6 Å². The van der Waals surface area contributed by atoms with Crippen molar-refractivity contribution in [3.05, 3.63) is 23.8 Å². The summed E-state index contributed by atoms with van der Waals surface area (Å²) in [7, 11) is 0. The van der Waals surface area contributed by atoms with Crippen LogP contribution in [0.25, 0.3) is 11.5 Å². The molecule has 112 valence electrons. The molecule has 0 bridgehead atoms. The van der Waals surface area contributed by atoms with Crippen LogP contribution in [-0.4, -0.2) is 26.1 Å². The highest BCUT2D eigenvalue weighted by Gasteiger charge is 2.26. The van der Waals surface area contributed by atoms with E-state index in [-0.39, 0.29) is 0 Å². The van der Waals surface area contributed by atoms with Crippen LogP contribution in [0.5, 0.6) is 0 Å². The minimum atomic E-state index is 0.587. The van der Waals surface area contributed by atoms with E-state index in [0.29, 0.717) is 6.04 Å². The van der Waals surface area contributed by atoms with Gasteiger partial charge >= 0.3 is 0 Å². The van der Waals surface area contributed by atoms with Crippen molar-refractivity contribution < 1.29 is 0 Å². The van der Waals surface area contributed by atoms with Gasteiger partial charge in [-0.2, -0.15) is 0 Å². The Hall–Kier alpha value is -1.91. The largest absolute Gasteiger partial charge is 0.370 e. The number of anilines is 1. The van der Waals surface area contributed by atoms with E-state index >= 15 is 0 Å². The Morgan fingerprint density at radius 1 is 1.29 bits per heavy atom. The molecule has 0 aromatic carbocycles. The molecule has 0 amide bonds. The van der Waals surface area contributed by atoms with E-state index in [9.17, 15) is 0 Å². The number of imidazole rings is 1. The van der Waals surface area contributed by atoms with Crippen LogP contribution in [0.3, 0.4) is 0 Å². The van der Waals surface area contributed by atoms with Gasteiger partial charge in [0.05, 0.1) is 12.5 Å². The fourth-order valence-corrected chi connectivity index (χ4v) is 2.65. The predicted octanol–water partition coefficient (Wildman–Crippen LogP) is 3.37. The highest BCUT2D eigenvalue weighted by atomic mass is 15.1. The fourth-order valence-electron chi connectivity index (χ4n) is 2.65. The molecule has 0 saturated heterocycles. The lowest BCUT2D eigenvalue weighted by Crippen LogP contribution is -2.10. The average Bonchev–Trinajstić information content (AvgIpc) is 3.21. The fraction of sp³-hybridized carbons (Fsp3) is 0.562. The summed E-state index contributed by atoms with van der Waals surface area (Å²) in [4.78, 5) is 13.8. The normalized spacial score (nSPS) is 14.4. The van der Waals surface area contributed by atoms with Crippen LogP contribution in [0.2, 0.25) is 0 Å². The first-order valence-electron chi connectivity index (χ1n) is 7.88. The van der Waals surface area contributed by atoms with Gasteiger partial charge in [-0.25, -0.2) is 15.0 Å². The summed E-state index contributed by atoms with van der Waals surface area (Å²) in [5.74, 6) is 1.76. The van der Waals surface area contributed by atoms with Crippen LogP contribution in [0, 0.1) is 6.92 Å². The van der Waals surface area contributed by atoms with Crippen LogP contribution < -0.4 is 5.32 Å². The zero-order valence-electron chi connectivity index (χ0n) is 13.1. The Bertz CT molecular complexity index is 628. The summed E-state index contributed by atoms with van der Waals surface area (Å²) in [6, 6.07) is 0.587. The van der Waals surface area contributed by atoms with Crippen LogP contribution in [-0.2, 0) is 6.42 Å². The first-order chi connectivity index (χ1) is 10.2. The lowest BCUT2D eigenvalue weighted by Gasteiger charge is -2.14. The molecule has 3 rings (SSSR count). The van der Waals surface area contributed by atoms with Crippen molar-refractivity contribution >= 4 is 5.82 Å². The molecule has 1 aliphatic rings. The Labute approximate surface area is 125 Å². The summed E-state index contributed by atoms with van der Waals surface area (Å²) in [5.41, 5.74) is 3.30. The second kappa shape index (κ2) is 5.84. The van der Waals surface area contributed by atoms with Gasteiger partial charge in [0.2, 0.25) is 0 Å². The highest BCUT2D eigenvalue weighted by molar-refractivity contribution is 5.57. The quantitative estimate of drug-likeness (QED) is 0.884. The number of nitrogens with zero attached hydrogens (tertiary/aromatic N) is 4. The Morgan fingerprint density at radius 3 is 2.76 bits per heavy atom. The number of aromatic nitrogens is 4. The van der Waals surface area contributed by atoms with Crippen molar-refractivity contribution in [2.24, 2.45) is 0 Å². The molecule has 2 aromatic heterocycles. The van der Waals surface area contributed by atoms with Gasteiger partial charge in [0.25, 0.3) is 0 Å². The summed E-state index contributed by atoms with van der Waals surface area (Å²) < 4.78 is 2.21. The lowest BCUT2D eigenvalue weighted by atomic mass is 10.1. The molecular weight excluding hydrogens is 262 g/mol. The zero-order chi connectivity index (χ0) is 14.8. The molecule has 1 N–H and O–H groups in total. The number of hydrogen-bond donors (Lipinski definition) is 1. The number of hydrogen-bond acceptors (Lipinski definition) is 4. The second-order valence-electron chi connectivity index (χ2n) is 5.66. The molecule has 0 aliphatic heterocycles. The average molecular weight is 285 g/mol. The molecule has 0 unspecified atom stereocenters. The van der Waals surface area contributed by atoms with Crippen LogP contribution >= 0.6 is 0 Å². The molecule has 2 aromatic rings. The van der Waals surface area contributed by atoms with Gasteiger partial charge in [-0.05, 0) is 32.6 Å². The molecule has 21 heavy (non-hydrogen) atoms. The van der Waals surface area contributed by atoms with Gasteiger partial charge in [0, 0.05) is 23.8 Å². The van der Waals surface area contributed by atoms with Gasteiger partial charge in [-0.15, -0.1) is 0 Å². The second-order valence-corrected chi connectivity index (χ2v) is 5.66. The smallest absolute Gasteiger partial charge is 0.180 e. The van der Waals surface area contributed by atoms with Crippen molar-refractivity contribution in [3.8, 4) is 11.5 Å². The maximum atomic E-state index is 4.77. The Kier molecular flexibility index (Phi) is 3.90. The Morgan fingerprint density at radius 2 is 2.10 bits per heavy atom. The third kappa shape index (κ3) is 2.77. The molecule has 5 nitrogen and oxygen atoms in total. The molecule has 0 spiro atoms. The van der Waals surface area contributed by atoms with E-state index < -0.39 is 0 Å². The number of rotatable bonds is 6. The van der Waals surface area contributed by atoms with E-state index in [4.69, 9.17) is 9.97 Å². The minimum Gasteiger partial charge on any atom is -0.370 e. The van der Waals surface area contributed by atoms with Crippen molar-refractivity contribution in [1.29, 1.82) is 0 Å². The van der Waals surface area contributed by atoms with Crippen molar-refractivity contribution in [2.75, 3.05) is 11.9 Å². The van der Waals surface area contributed by atoms with Gasteiger partial charge in [0.15, 0.2) is 5.82 Å². The molecule has 1 saturated carbocycles. The van der Waals surface area contributed by atoms with Crippen LogP contribution in [0.4, 0.5) is 5.82 Å². The molecular formula is C16H23N5. The number of aryl methyl sites for hydroxylation is 1. The van der Waals surface area contributed by atoms with Crippen molar-refractivity contribution in [2.45, 2.75) is 52.5 Å². The molecule has 0 radical (unpaired) electrons. The van der Waals surface area contributed by atoms with E-state index in [1.165, 1.54) is 18.4 Å². The third-order valence-electron chi connectivity index (χ3n) is 3.95. The monoisotopic (exact) mass is 285 g/mol. The SMILES string of the molecule is CCCNc1nc(-c2cncn2C2CC2)nc(C)c1CC. The maximum absolute atomic E-state index is 4.77. The van der Waals surface area contributed by atoms with Crippen molar-refractivity contribution in [1.82, 2.24) is 19.5 Å². The molecule has 5 heteroatoms. The van der Waals surface area contributed by atoms with Gasteiger partial charge in [-0.3, -0.25) is 0 Å². The molecule has 1 aliphatic carbocycles. The van der Waals surface area contributed by atoms with E-state index in [1.807, 2.05) is 12.5 Å².